The van der Waals surface area contributed by atoms with Crippen molar-refractivity contribution >= 4 is 11.9 Å². The van der Waals surface area contributed by atoms with E-state index in [4.69, 9.17) is 5.73 Å². The lowest BCUT2D eigenvalue weighted by Gasteiger charge is -2.20. The van der Waals surface area contributed by atoms with Crippen LogP contribution in [0.4, 0.5) is 4.79 Å². The number of amides is 3. The van der Waals surface area contributed by atoms with Gasteiger partial charge in [-0.05, 0) is 31.1 Å². The fraction of sp³-hybridized carbons (Fsp3) is 0.500. The minimum Gasteiger partial charge on any atom is -0.352 e. The second-order valence-electron chi connectivity index (χ2n) is 6.00. The topological polar surface area (TPSA) is 87.5 Å². The van der Waals surface area contributed by atoms with Crippen LogP contribution < -0.4 is 16.4 Å². The van der Waals surface area contributed by atoms with Crippen LogP contribution in [0.3, 0.4) is 0 Å². The Balaban J connectivity index is 2.57. The zero-order valence-corrected chi connectivity index (χ0v) is 13.7. The molecule has 122 valence electrons. The lowest BCUT2D eigenvalue weighted by molar-refractivity contribution is -0.124. The average molecular weight is 306 g/mol. The summed E-state index contributed by atoms with van der Waals surface area (Å²) in [5.41, 5.74) is 7.33. The minimum absolute atomic E-state index is 0.0324. The number of benzene rings is 1. The van der Waals surface area contributed by atoms with Gasteiger partial charge in [-0.2, -0.15) is 0 Å². The first-order valence-electron chi connectivity index (χ1n) is 7.35. The highest BCUT2D eigenvalue weighted by atomic mass is 16.2. The first-order valence-corrected chi connectivity index (χ1v) is 7.35. The fourth-order valence-corrected chi connectivity index (χ4v) is 2.12. The van der Waals surface area contributed by atoms with E-state index in [2.05, 4.69) is 15.5 Å². The molecule has 0 radical (unpaired) electrons. The van der Waals surface area contributed by atoms with Crippen LogP contribution in [0.2, 0.25) is 0 Å². The van der Waals surface area contributed by atoms with Crippen LogP contribution in [0.15, 0.2) is 24.3 Å². The number of primary amides is 1. The molecule has 0 saturated carbocycles. The lowest BCUT2D eigenvalue weighted by atomic mass is 10.0. The quantitative estimate of drug-likeness (QED) is 0.704. The molecule has 0 aromatic heterocycles. The Labute approximate surface area is 132 Å². The van der Waals surface area contributed by atoms with Gasteiger partial charge in [0.1, 0.15) is 6.04 Å². The number of rotatable bonds is 7. The van der Waals surface area contributed by atoms with Crippen LogP contribution in [-0.2, 0) is 17.9 Å². The number of hydrogen-bond acceptors (Lipinski definition) is 3. The average Bonchev–Trinajstić information content (AvgIpc) is 2.42. The van der Waals surface area contributed by atoms with Crippen molar-refractivity contribution in [2.24, 2.45) is 11.7 Å². The Bertz CT molecular complexity index is 497. The monoisotopic (exact) mass is 306 g/mol. The van der Waals surface area contributed by atoms with Crippen LogP contribution in [0.5, 0.6) is 0 Å². The minimum atomic E-state index is -0.693. The van der Waals surface area contributed by atoms with Crippen molar-refractivity contribution in [3.63, 3.8) is 0 Å². The van der Waals surface area contributed by atoms with E-state index in [9.17, 15) is 9.59 Å². The van der Waals surface area contributed by atoms with Crippen LogP contribution >= 0.6 is 0 Å². The van der Waals surface area contributed by atoms with Gasteiger partial charge in [-0.3, -0.25) is 4.79 Å². The SMILES string of the molecule is CC(C)[C@H](NC(N)=O)C(=O)NCc1ccc(CN(C)C)cc1. The predicted octanol–water partition coefficient (Wildman–Crippen LogP) is 1.06. The zero-order valence-electron chi connectivity index (χ0n) is 13.7. The summed E-state index contributed by atoms with van der Waals surface area (Å²) < 4.78 is 0. The van der Waals surface area contributed by atoms with E-state index in [-0.39, 0.29) is 11.8 Å². The molecule has 0 fully saturated rings. The summed E-state index contributed by atoms with van der Waals surface area (Å²) in [5.74, 6) is -0.263. The number of hydrogen-bond donors (Lipinski definition) is 3. The first kappa shape index (κ1) is 18.0. The molecule has 1 aromatic carbocycles. The normalized spacial score (nSPS) is 12.3. The van der Waals surface area contributed by atoms with Gasteiger partial charge in [0.15, 0.2) is 0 Å². The van der Waals surface area contributed by atoms with Crippen molar-refractivity contribution < 1.29 is 9.59 Å². The molecule has 1 rings (SSSR count). The number of carbonyl (C=O) groups is 2. The van der Waals surface area contributed by atoms with Crippen molar-refractivity contribution in [1.29, 1.82) is 0 Å². The Morgan fingerprint density at radius 3 is 2.14 bits per heavy atom. The standard InChI is InChI=1S/C16H26N4O2/c1-11(2)14(19-16(17)22)15(21)18-9-12-5-7-13(8-6-12)10-20(3)4/h5-8,11,14H,9-10H2,1-4H3,(H,18,21)(H3,17,19,22)/t14-/m0/s1. The lowest BCUT2D eigenvalue weighted by Crippen LogP contribution is -2.51. The largest absolute Gasteiger partial charge is 0.352 e. The molecule has 0 saturated heterocycles. The van der Waals surface area contributed by atoms with Crippen molar-refractivity contribution in [2.75, 3.05) is 14.1 Å². The molecule has 0 aliphatic carbocycles. The molecule has 0 bridgehead atoms. The molecule has 4 N–H and O–H groups in total. The van der Waals surface area contributed by atoms with Crippen molar-refractivity contribution in [3.05, 3.63) is 35.4 Å². The third-order valence-electron chi connectivity index (χ3n) is 3.24. The number of nitrogens with zero attached hydrogens (tertiary/aromatic N) is 1. The van der Waals surface area contributed by atoms with Gasteiger partial charge in [0.05, 0.1) is 0 Å². The van der Waals surface area contributed by atoms with Crippen molar-refractivity contribution in [3.8, 4) is 0 Å². The Morgan fingerprint density at radius 1 is 1.14 bits per heavy atom. The Hall–Kier alpha value is -2.08. The van der Waals surface area contributed by atoms with Crippen LogP contribution in [-0.4, -0.2) is 37.0 Å². The maximum Gasteiger partial charge on any atom is 0.312 e. The number of carbonyl (C=O) groups excluding carboxylic acids is 2. The molecule has 22 heavy (non-hydrogen) atoms. The third-order valence-corrected chi connectivity index (χ3v) is 3.24. The second-order valence-corrected chi connectivity index (χ2v) is 6.00. The van der Waals surface area contributed by atoms with Crippen LogP contribution in [0.25, 0.3) is 0 Å². The summed E-state index contributed by atoms with van der Waals surface area (Å²) in [4.78, 5) is 25.2. The van der Waals surface area contributed by atoms with Crippen molar-refractivity contribution in [1.82, 2.24) is 15.5 Å². The zero-order chi connectivity index (χ0) is 16.7. The van der Waals surface area contributed by atoms with Gasteiger partial charge in [0.25, 0.3) is 0 Å². The summed E-state index contributed by atoms with van der Waals surface area (Å²) in [6.45, 7) is 5.02. The van der Waals surface area contributed by atoms with Gasteiger partial charge in [-0.25, -0.2) is 4.79 Å². The molecular formula is C16H26N4O2. The highest BCUT2D eigenvalue weighted by Crippen LogP contribution is 2.07. The molecule has 0 heterocycles. The van der Waals surface area contributed by atoms with Gasteiger partial charge < -0.3 is 21.3 Å². The van der Waals surface area contributed by atoms with E-state index in [1.165, 1.54) is 5.56 Å². The second kappa shape index (κ2) is 8.38. The number of urea groups is 1. The van der Waals surface area contributed by atoms with E-state index in [1.807, 2.05) is 52.2 Å². The number of nitrogens with one attached hydrogen (secondary N) is 2. The molecule has 0 aliphatic heterocycles. The molecule has 0 spiro atoms. The highest BCUT2D eigenvalue weighted by Gasteiger charge is 2.22. The smallest absolute Gasteiger partial charge is 0.312 e. The van der Waals surface area contributed by atoms with E-state index >= 15 is 0 Å². The van der Waals surface area contributed by atoms with Gasteiger partial charge in [0.2, 0.25) is 5.91 Å². The van der Waals surface area contributed by atoms with E-state index in [0.29, 0.717) is 6.54 Å². The summed E-state index contributed by atoms with van der Waals surface area (Å²) >= 11 is 0. The summed E-state index contributed by atoms with van der Waals surface area (Å²) in [7, 11) is 4.04. The third kappa shape index (κ3) is 6.13. The molecule has 6 nitrogen and oxygen atoms in total. The highest BCUT2D eigenvalue weighted by molar-refractivity contribution is 5.86. The predicted molar refractivity (Wildman–Crippen MR) is 87.0 cm³/mol. The molecular weight excluding hydrogens is 280 g/mol. The Kier molecular flexibility index (Phi) is 6.85. The maximum atomic E-state index is 12.1. The van der Waals surface area contributed by atoms with Crippen LogP contribution in [0, 0.1) is 5.92 Å². The van der Waals surface area contributed by atoms with Gasteiger partial charge in [0, 0.05) is 13.1 Å². The molecule has 1 atom stereocenters. The maximum absolute atomic E-state index is 12.1. The Morgan fingerprint density at radius 2 is 1.68 bits per heavy atom. The van der Waals surface area contributed by atoms with E-state index in [0.717, 1.165) is 12.1 Å². The van der Waals surface area contributed by atoms with Crippen molar-refractivity contribution in [2.45, 2.75) is 33.0 Å². The molecule has 0 unspecified atom stereocenters. The van der Waals surface area contributed by atoms with E-state index < -0.39 is 12.1 Å². The van der Waals surface area contributed by atoms with E-state index in [1.54, 1.807) is 0 Å². The molecule has 6 heteroatoms. The molecule has 1 aromatic rings. The van der Waals surface area contributed by atoms with Gasteiger partial charge in [-0.1, -0.05) is 38.1 Å². The molecule has 3 amide bonds. The summed E-state index contributed by atoms with van der Waals surface area (Å²) in [6, 6.07) is 6.76. The molecule has 0 aliphatic rings. The first-order chi connectivity index (χ1) is 10.3. The number of nitrogens with two attached hydrogens (primary N) is 1. The summed E-state index contributed by atoms with van der Waals surface area (Å²) in [5, 5.41) is 5.29. The fourth-order valence-electron chi connectivity index (χ4n) is 2.12. The van der Waals surface area contributed by atoms with Gasteiger partial charge >= 0.3 is 6.03 Å². The van der Waals surface area contributed by atoms with Crippen LogP contribution in [0.1, 0.15) is 25.0 Å². The summed E-state index contributed by atoms with van der Waals surface area (Å²) in [6.07, 6.45) is 0. The van der Waals surface area contributed by atoms with Gasteiger partial charge in [-0.15, -0.1) is 0 Å².